The molecule has 3 aromatic rings. The Morgan fingerprint density at radius 1 is 1.00 bits per heavy atom. The molecule has 0 spiro atoms. The lowest BCUT2D eigenvalue weighted by Crippen LogP contribution is -2.42. The van der Waals surface area contributed by atoms with E-state index in [0.29, 0.717) is 16.7 Å². The second-order valence-electron chi connectivity index (χ2n) is 6.86. The predicted molar refractivity (Wildman–Crippen MR) is 125 cm³/mol. The highest BCUT2D eigenvalue weighted by Crippen LogP contribution is 2.30. The zero-order valence-electron chi connectivity index (χ0n) is 15.7. The van der Waals surface area contributed by atoms with Gasteiger partial charge in [0.05, 0.1) is 12.5 Å². The van der Waals surface area contributed by atoms with Crippen LogP contribution in [0.2, 0.25) is 5.02 Å². The van der Waals surface area contributed by atoms with Crippen LogP contribution in [0.4, 0.5) is 5.69 Å². The maximum Gasteiger partial charge on any atom is 0.179 e. The lowest BCUT2D eigenvalue weighted by Gasteiger charge is -2.28. The third kappa shape index (κ3) is 4.48. The van der Waals surface area contributed by atoms with Crippen LogP contribution in [0.15, 0.2) is 89.9 Å². The van der Waals surface area contributed by atoms with Crippen LogP contribution in [0, 0.1) is 0 Å². The van der Waals surface area contributed by atoms with Gasteiger partial charge in [-0.15, -0.1) is 0 Å². The summed E-state index contributed by atoms with van der Waals surface area (Å²) in [4.78, 5) is 6.76. The predicted octanol–water partition coefficient (Wildman–Crippen LogP) is 4.87. The lowest BCUT2D eigenvalue weighted by molar-refractivity contribution is 0.583. The molecule has 0 aromatic heterocycles. The van der Waals surface area contributed by atoms with Crippen LogP contribution in [0.25, 0.3) is 0 Å². The summed E-state index contributed by atoms with van der Waals surface area (Å²) in [5.41, 5.74) is 9.34. The van der Waals surface area contributed by atoms with Gasteiger partial charge in [-0.25, -0.2) is 0 Å². The fraction of sp³-hybridized carbons (Fsp3) is 0.130. The Balaban J connectivity index is 1.69. The van der Waals surface area contributed by atoms with Crippen LogP contribution in [0.5, 0.6) is 0 Å². The van der Waals surface area contributed by atoms with Crippen molar-refractivity contribution >= 4 is 40.5 Å². The second kappa shape index (κ2) is 8.74. The number of thiocarbonyl (C=S) groups is 1. The highest BCUT2D eigenvalue weighted by molar-refractivity contribution is 7.80. The molecule has 1 atom stereocenters. The Hall–Kier alpha value is -2.73. The molecule has 146 valence electrons. The van der Waals surface area contributed by atoms with Gasteiger partial charge >= 0.3 is 0 Å². The van der Waals surface area contributed by atoms with Crippen molar-refractivity contribution in [3.63, 3.8) is 0 Å². The summed E-state index contributed by atoms with van der Waals surface area (Å²) < 4.78 is 0. The van der Waals surface area contributed by atoms with Crippen LogP contribution < -0.4 is 11.1 Å². The normalized spacial score (nSPS) is 16.0. The van der Waals surface area contributed by atoms with Gasteiger partial charge in [0.1, 0.15) is 12.0 Å². The number of nitrogens with one attached hydrogen (secondary N) is 1. The van der Waals surface area contributed by atoms with Gasteiger partial charge in [-0.05, 0) is 41.5 Å². The molecular formula is C23H21ClN4S. The summed E-state index contributed by atoms with van der Waals surface area (Å²) >= 11 is 11.8. The maximum atomic E-state index is 6.23. The molecule has 3 N–H and O–H groups in total. The van der Waals surface area contributed by atoms with Crippen LogP contribution in [0.3, 0.4) is 0 Å². The Bertz CT molecular complexity index is 984. The van der Waals surface area contributed by atoms with Crippen molar-refractivity contribution in [2.45, 2.75) is 12.1 Å². The summed E-state index contributed by atoms with van der Waals surface area (Å²) in [6.45, 7) is 0.526. The summed E-state index contributed by atoms with van der Waals surface area (Å²) in [5, 5.41) is 4.47. The molecule has 4 nitrogen and oxygen atoms in total. The van der Waals surface area contributed by atoms with Gasteiger partial charge in [0.2, 0.25) is 0 Å². The highest BCUT2D eigenvalue weighted by atomic mass is 35.5. The fourth-order valence-corrected chi connectivity index (χ4v) is 3.99. The van der Waals surface area contributed by atoms with Gasteiger partial charge < -0.3 is 16.0 Å². The van der Waals surface area contributed by atoms with Crippen LogP contribution in [-0.2, 0) is 0 Å². The SMILES string of the molecule is NC1CN(C(=S)Nc2cccc(Cl)c2)C(C(c2ccccc2)c2ccccc2)=N1. The van der Waals surface area contributed by atoms with Gasteiger partial charge in [0.25, 0.3) is 0 Å². The first kappa shape index (κ1) is 19.6. The number of nitrogens with zero attached hydrogens (tertiary/aromatic N) is 2. The topological polar surface area (TPSA) is 53.6 Å². The van der Waals surface area contributed by atoms with Gasteiger partial charge in [-0.2, -0.15) is 0 Å². The molecule has 29 heavy (non-hydrogen) atoms. The van der Waals surface area contributed by atoms with E-state index in [1.165, 1.54) is 0 Å². The minimum atomic E-state index is -0.334. The quantitative estimate of drug-likeness (QED) is 0.591. The number of amidine groups is 1. The number of hydrogen-bond acceptors (Lipinski definition) is 3. The second-order valence-corrected chi connectivity index (χ2v) is 7.68. The number of aliphatic imine (C=N–C) groups is 1. The number of benzene rings is 3. The van der Waals surface area contributed by atoms with Crippen molar-refractivity contribution < 1.29 is 0 Å². The van der Waals surface area contributed by atoms with Crippen molar-refractivity contribution in [3.8, 4) is 0 Å². The molecule has 1 unspecified atom stereocenters. The van der Waals surface area contributed by atoms with E-state index in [0.717, 1.165) is 22.6 Å². The third-order valence-corrected chi connectivity index (χ3v) is 5.35. The first-order chi connectivity index (χ1) is 14.1. The van der Waals surface area contributed by atoms with Gasteiger partial charge in [-0.3, -0.25) is 4.99 Å². The van der Waals surface area contributed by atoms with Crippen LogP contribution in [0.1, 0.15) is 17.0 Å². The molecular weight excluding hydrogens is 400 g/mol. The van der Waals surface area contributed by atoms with E-state index in [-0.39, 0.29) is 12.1 Å². The van der Waals surface area contributed by atoms with Crippen LogP contribution >= 0.6 is 23.8 Å². The molecule has 6 heteroatoms. The van der Waals surface area contributed by atoms with Crippen molar-refractivity contribution in [2.24, 2.45) is 10.7 Å². The largest absolute Gasteiger partial charge is 0.332 e. The third-order valence-electron chi connectivity index (χ3n) is 4.79. The fourth-order valence-electron chi connectivity index (χ4n) is 3.52. The van der Waals surface area contributed by atoms with Gasteiger partial charge in [0.15, 0.2) is 5.11 Å². The molecule has 0 radical (unpaired) electrons. The summed E-state index contributed by atoms with van der Waals surface area (Å²) in [6.07, 6.45) is -0.334. The van der Waals surface area contributed by atoms with E-state index in [1.54, 1.807) is 0 Å². The molecule has 0 fully saturated rings. The minimum absolute atomic E-state index is 0.0648. The molecule has 4 rings (SSSR count). The summed E-state index contributed by atoms with van der Waals surface area (Å²) in [5.74, 6) is 0.777. The Morgan fingerprint density at radius 3 is 2.21 bits per heavy atom. The maximum absolute atomic E-state index is 6.23. The van der Waals surface area contributed by atoms with E-state index < -0.39 is 0 Å². The molecule has 3 aromatic carbocycles. The minimum Gasteiger partial charge on any atom is -0.332 e. The number of nitrogens with two attached hydrogens (primary N) is 1. The van der Waals surface area contributed by atoms with Crippen molar-refractivity contribution in [1.82, 2.24) is 4.90 Å². The molecule has 0 saturated carbocycles. The molecule has 1 aliphatic heterocycles. The van der Waals surface area contributed by atoms with Crippen LogP contribution in [-0.4, -0.2) is 28.6 Å². The zero-order chi connectivity index (χ0) is 20.2. The molecule has 1 heterocycles. The standard InChI is InChI=1S/C23H21ClN4S/c24-18-12-7-13-19(14-18)26-23(29)28-15-20(25)27-22(28)21(16-8-3-1-4-9-16)17-10-5-2-6-11-17/h1-14,20-21H,15,25H2,(H,26,29). The average molecular weight is 421 g/mol. The molecule has 1 aliphatic rings. The van der Waals surface area contributed by atoms with E-state index >= 15 is 0 Å². The van der Waals surface area contributed by atoms with Gasteiger partial charge in [0, 0.05) is 10.7 Å². The molecule has 0 amide bonds. The summed E-state index contributed by atoms with van der Waals surface area (Å²) in [7, 11) is 0. The monoisotopic (exact) mass is 420 g/mol. The average Bonchev–Trinajstić information content (AvgIpc) is 3.11. The smallest absolute Gasteiger partial charge is 0.179 e. The summed E-state index contributed by atoms with van der Waals surface area (Å²) in [6, 6.07) is 28.1. The first-order valence-electron chi connectivity index (χ1n) is 9.39. The number of rotatable bonds is 4. The number of halogens is 1. The van der Waals surface area contributed by atoms with Crippen molar-refractivity contribution in [2.75, 3.05) is 11.9 Å². The Labute approximate surface area is 181 Å². The van der Waals surface area contributed by atoms with E-state index in [2.05, 4.69) is 29.6 Å². The Morgan fingerprint density at radius 2 is 1.62 bits per heavy atom. The molecule has 0 saturated heterocycles. The molecule has 0 bridgehead atoms. The zero-order valence-corrected chi connectivity index (χ0v) is 17.3. The first-order valence-corrected chi connectivity index (χ1v) is 10.2. The lowest BCUT2D eigenvalue weighted by atomic mass is 9.90. The van der Waals surface area contributed by atoms with Crippen molar-refractivity contribution in [1.29, 1.82) is 0 Å². The van der Waals surface area contributed by atoms with E-state index in [4.69, 9.17) is 34.5 Å². The highest BCUT2D eigenvalue weighted by Gasteiger charge is 2.33. The Kier molecular flexibility index (Phi) is 5.90. The van der Waals surface area contributed by atoms with Gasteiger partial charge in [-0.1, -0.05) is 78.3 Å². The molecule has 0 aliphatic carbocycles. The number of hydrogen-bond donors (Lipinski definition) is 2. The van der Waals surface area contributed by atoms with Crippen molar-refractivity contribution in [3.05, 3.63) is 101 Å². The number of anilines is 1. The van der Waals surface area contributed by atoms with E-state index in [1.807, 2.05) is 65.6 Å². The van der Waals surface area contributed by atoms with E-state index in [9.17, 15) is 0 Å².